The second kappa shape index (κ2) is 5.79. The van der Waals surface area contributed by atoms with Gasteiger partial charge in [0.05, 0.1) is 4.90 Å². The van der Waals surface area contributed by atoms with Crippen LogP contribution in [0.15, 0.2) is 29.2 Å². The SMILES string of the molecule is CC(C)(OO)c1ccc(S(=O)(=O)N2CCNCC2)cc1. The van der Waals surface area contributed by atoms with Crippen LogP contribution in [0.2, 0.25) is 0 Å². The minimum absolute atomic E-state index is 0.261. The van der Waals surface area contributed by atoms with Crippen molar-refractivity contribution >= 4 is 10.0 Å². The van der Waals surface area contributed by atoms with Gasteiger partial charge in [-0.2, -0.15) is 4.31 Å². The topological polar surface area (TPSA) is 78.9 Å². The van der Waals surface area contributed by atoms with E-state index < -0.39 is 15.6 Å². The Morgan fingerprint density at radius 3 is 2.25 bits per heavy atom. The highest BCUT2D eigenvalue weighted by Gasteiger charge is 2.27. The van der Waals surface area contributed by atoms with Crippen LogP contribution in [-0.4, -0.2) is 44.2 Å². The summed E-state index contributed by atoms with van der Waals surface area (Å²) in [6, 6.07) is 6.41. The van der Waals surface area contributed by atoms with Crippen LogP contribution in [0.5, 0.6) is 0 Å². The van der Waals surface area contributed by atoms with Crippen molar-refractivity contribution in [2.45, 2.75) is 24.3 Å². The lowest BCUT2D eigenvalue weighted by molar-refractivity contribution is -0.318. The van der Waals surface area contributed by atoms with E-state index in [1.807, 2.05) is 0 Å². The van der Waals surface area contributed by atoms with Gasteiger partial charge < -0.3 is 5.32 Å². The van der Waals surface area contributed by atoms with E-state index in [1.54, 1.807) is 38.1 Å². The zero-order valence-corrected chi connectivity index (χ0v) is 12.5. The molecule has 2 rings (SSSR count). The highest BCUT2D eigenvalue weighted by Crippen LogP contribution is 2.25. The molecule has 112 valence electrons. The molecule has 0 spiro atoms. The third kappa shape index (κ3) is 3.02. The maximum atomic E-state index is 12.4. The predicted molar refractivity (Wildman–Crippen MR) is 74.8 cm³/mol. The first-order valence-corrected chi connectivity index (χ1v) is 7.96. The Bertz CT molecular complexity index is 548. The van der Waals surface area contributed by atoms with Gasteiger partial charge in [-0.05, 0) is 31.5 Å². The highest BCUT2D eigenvalue weighted by molar-refractivity contribution is 7.89. The zero-order valence-electron chi connectivity index (χ0n) is 11.7. The minimum atomic E-state index is -3.44. The predicted octanol–water partition coefficient (Wildman–Crippen LogP) is 1.01. The Balaban J connectivity index is 2.25. The third-order valence-corrected chi connectivity index (χ3v) is 5.40. The summed E-state index contributed by atoms with van der Waals surface area (Å²) in [5.74, 6) is 0. The summed E-state index contributed by atoms with van der Waals surface area (Å²) in [5.41, 5.74) is -0.156. The zero-order chi connectivity index (χ0) is 14.8. The van der Waals surface area contributed by atoms with Crippen molar-refractivity contribution in [1.82, 2.24) is 9.62 Å². The lowest BCUT2D eigenvalue weighted by Gasteiger charge is -2.27. The quantitative estimate of drug-likeness (QED) is 0.641. The number of piperazine rings is 1. The number of nitrogens with one attached hydrogen (secondary N) is 1. The van der Waals surface area contributed by atoms with E-state index in [9.17, 15) is 8.42 Å². The van der Waals surface area contributed by atoms with Gasteiger partial charge in [-0.25, -0.2) is 13.3 Å². The van der Waals surface area contributed by atoms with Crippen LogP contribution in [0.3, 0.4) is 0 Å². The Hall–Kier alpha value is -0.990. The Morgan fingerprint density at radius 1 is 1.20 bits per heavy atom. The number of rotatable bonds is 4. The maximum Gasteiger partial charge on any atom is 0.243 e. The molecule has 0 aromatic heterocycles. The van der Waals surface area contributed by atoms with Gasteiger partial charge in [0.2, 0.25) is 10.0 Å². The molecular weight excluding hydrogens is 280 g/mol. The summed E-state index contributed by atoms with van der Waals surface area (Å²) in [6.45, 7) is 5.70. The first-order valence-electron chi connectivity index (χ1n) is 6.52. The molecule has 20 heavy (non-hydrogen) atoms. The lowest BCUT2D eigenvalue weighted by atomic mass is 9.99. The molecule has 1 heterocycles. The fourth-order valence-corrected chi connectivity index (χ4v) is 3.56. The first-order chi connectivity index (χ1) is 9.38. The van der Waals surface area contributed by atoms with Crippen LogP contribution in [0.25, 0.3) is 0 Å². The molecule has 0 bridgehead atoms. The monoisotopic (exact) mass is 300 g/mol. The molecule has 0 amide bonds. The van der Waals surface area contributed by atoms with Crippen LogP contribution in [0.1, 0.15) is 19.4 Å². The molecule has 2 N–H and O–H groups in total. The van der Waals surface area contributed by atoms with Gasteiger partial charge in [0.25, 0.3) is 0 Å². The number of benzene rings is 1. The first kappa shape index (κ1) is 15.4. The molecule has 6 nitrogen and oxygen atoms in total. The molecule has 1 aromatic rings. The normalized spacial score (nSPS) is 18.1. The van der Waals surface area contributed by atoms with Gasteiger partial charge in [0.1, 0.15) is 5.60 Å². The van der Waals surface area contributed by atoms with Crippen molar-refractivity contribution in [3.05, 3.63) is 29.8 Å². The second-order valence-electron chi connectivity index (χ2n) is 5.28. The van der Waals surface area contributed by atoms with E-state index in [4.69, 9.17) is 5.26 Å². The fourth-order valence-electron chi connectivity index (χ4n) is 2.11. The molecule has 0 atom stereocenters. The van der Waals surface area contributed by atoms with E-state index in [0.717, 1.165) is 0 Å². The van der Waals surface area contributed by atoms with E-state index >= 15 is 0 Å². The molecule has 0 aliphatic carbocycles. The van der Waals surface area contributed by atoms with Gasteiger partial charge >= 0.3 is 0 Å². The van der Waals surface area contributed by atoms with Crippen LogP contribution < -0.4 is 5.32 Å². The van der Waals surface area contributed by atoms with Gasteiger partial charge in [0.15, 0.2) is 0 Å². The van der Waals surface area contributed by atoms with Crippen molar-refractivity contribution < 1.29 is 18.6 Å². The summed E-state index contributed by atoms with van der Waals surface area (Å²) in [4.78, 5) is 4.66. The van der Waals surface area contributed by atoms with E-state index in [1.165, 1.54) is 4.31 Å². The summed E-state index contributed by atoms with van der Waals surface area (Å²) in [7, 11) is -3.44. The van der Waals surface area contributed by atoms with Crippen molar-refractivity contribution in [2.75, 3.05) is 26.2 Å². The van der Waals surface area contributed by atoms with Crippen LogP contribution in [0, 0.1) is 0 Å². The number of hydrogen-bond acceptors (Lipinski definition) is 5. The number of hydrogen-bond donors (Lipinski definition) is 2. The standard InChI is InChI=1S/C13H20N2O4S/c1-13(2,19-16)11-3-5-12(6-4-11)20(17,18)15-9-7-14-8-10-15/h3-6,14,16H,7-10H2,1-2H3. The molecule has 0 saturated carbocycles. The molecule has 1 aliphatic heterocycles. The summed E-state index contributed by atoms with van der Waals surface area (Å²) in [6.07, 6.45) is 0. The van der Waals surface area contributed by atoms with E-state index in [-0.39, 0.29) is 4.90 Å². The van der Waals surface area contributed by atoms with Crippen molar-refractivity contribution in [3.8, 4) is 0 Å². The van der Waals surface area contributed by atoms with Crippen molar-refractivity contribution in [2.24, 2.45) is 0 Å². The summed E-state index contributed by atoms with van der Waals surface area (Å²) < 4.78 is 26.3. The number of sulfonamides is 1. The molecule has 0 unspecified atom stereocenters. The number of nitrogens with zero attached hydrogens (tertiary/aromatic N) is 1. The van der Waals surface area contributed by atoms with Gasteiger partial charge in [-0.3, -0.25) is 5.26 Å². The maximum absolute atomic E-state index is 12.4. The van der Waals surface area contributed by atoms with Gasteiger partial charge in [-0.15, -0.1) is 0 Å². The molecule has 7 heteroatoms. The largest absolute Gasteiger partial charge is 0.314 e. The minimum Gasteiger partial charge on any atom is -0.314 e. The molecule has 1 aromatic carbocycles. The third-order valence-electron chi connectivity index (χ3n) is 3.49. The van der Waals surface area contributed by atoms with Crippen LogP contribution >= 0.6 is 0 Å². The van der Waals surface area contributed by atoms with E-state index in [0.29, 0.717) is 31.7 Å². The molecule has 1 aliphatic rings. The molecule has 1 saturated heterocycles. The van der Waals surface area contributed by atoms with Gasteiger partial charge in [0, 0.05) is 26.2 Å². The fraction of sp³-hybridized carbons (Fsp3) is 0.538. The van der Waals surface area contributed by atoms with E-state index in [2.05, 4.69) is 10.2 Å². The average molecular weight is 300 g/mol. The van der Waals surface area contributed by atoms with Crippen LogP contribution in [0.4, 0.5) is 0 Å². The van der Waals surface area contributed by atoms with Crippen LogP contribution in [-0.2, 0) is 20.5 Å². The molecule has 1 fully saturated rings. The average Bonchev–Trinajstić information content (AvgIpc) is 2.48. The summed E-state index contributed by atoms with van der Waals surface area (Å²) in [5, 5.41) is 12.0. The highest BCUT2D eigenvalue weighted by atomic mass is 32.2. The Labute approximate surface area is 119 Å². The smallest absolute Gasteiger partial charge is 0.243 e. The Morgan fingerprint density at radius 2 is 1.75 bits per heavy atom. The molecule has 0 radical (unpaired) electrons. The summed E-state index contributed by atoms with van der Waals surface area (Å²) >= 11 is 0. The van der Waals surface area contributed by atoms with Gasteiger partial charge in [-0.1, -0.05) is 12.1 Å². The van der Waals surface area contributed by atoms with Crippen molar-refractivity contribution in [1.29, 1.82) is 0 Å². The molecular formula is C13H20N2O4S. The van der Waals surface area contributed by atoms with Crippen molar-refractivity contribution in [3.63, 3.8) is 0 Å². The second-order valence-corrected chi connectivity index (χ2v) is 7.22. The lowest BCUT2D eigenvalue weighted by Crippen LogP contribution is -2.46. The Kier molecular flexibility index (Phi) is 4.46.